The molecule has 150 valence electrons. The molecule has 8 nitrogen and oxygen atoms in total. The molecule has 0 aliphatic heterocycles. The number of carbonyl (C=O) groups is 1. The van der Waals surface area contributed by atoms with Crippen LogP contribution in [0.25, 0.3) is 27.6 Å². The second-order valence-corrected chi connectivity index (χ2v) is 7.11. The highest BCUT2D eigenvalue weighted by Crippen LogP contribution is 2.16. The van der Waals surface area contributed by atoms with Crippen LogP contribution in [0.3, 0.4) is 0 Å². The number of aryl methyl sites for hydroxylation is 2. The second kappa shape index (κ2) is 7.14. The van der Waals surface area contributed by atoms with Gasteiger partial charge in [0.2, 0.25) is 5.78 Å². The Hall–Kier alpha value is -3.94. The van der Waals surface area contributed by atoms with Gasteiger partial charge in [0.25, 0.3) is 5.56 Å². The Labute approximate surface area is 170 Å². The SMILES string of the molecule is Cn1c(=O)c2ccccc2n2c(COC(=O)CCn3ccc4ccccc43)nnc12. The van der Waals surface area contributed by atoms with Crippen LogP contribution < -0.4 is 5.56 Å². The molecule has 30 heavy (non-hydrogen) atoms. The molecule has 0 bridgehead atoms. The van der Waals surface area contributed by atoms with E-state index in [0.717, 1.165) is 10.9 Å². The van der Waals surface area contributed by atoms with Gasteiger partial charge in [-0.15, -0.1) is 10.2 Å². The van der Waals surface area contributed by atoms with Gasteiger partial charge in [-0.05, 0) is 29.7 Å². The third-order valence-electron chi connectivity index (χ3n) is 5.29. The van der Waals surface area contributed by atoms with Gasteiger partial charge in [0.1, 0.15) is 0 Å². The molecule has 0 radical (unpaired) electrons. The highest BCUT2D eigenvalue weighted by atomic mass is 16.5. The zero-order valence-electron chi connectivity index (χ0n) is 16.4. The Kier molecular flexibility index (Phi) is 4.31. The van der Waals surface area contributed by atoms with Crippen molar-refractivity contribution in [1.82, 2.24) is 23.7 Å². The van der Waals surface area contributed by atoms with E-state index in [1.807, 2.05) is 59.3 Å². The highest BCUT2D eigenvalue weighted by molar-refractivity contribution is 5.81. The number of nitrogens with zero attached hydrogens (tertiary/aromatic N) is 5. The molecule has 0 saturated carbocycles. The number of esters is 1. The molecule has 8 heteroatoms. The van der Waals surface area contributed by atoms with Crippen molar-refractivity contribution in [3.8, 4) is 0 Å². The Morgan fingerprint density at radius 1 is 1.00 bits per heavy atom. The number of para-hydroxylation sites is 2. The summed E-state index contributed by atoms with van der Waals surface area (Å²) < 4.78 is 10.7. The van der Waals surface area contributed by atoms with Gasteiger partial charge in [0, 0.05) is 25.3 Å². The topological polar surface area (TPSA) is 83.4 Å². The lowest BCUT2D eigenvalue weighted by atomic mass is 10.2. The van der Waals surface area contributed by atoms with Crippen molar-refractivity contribution in [3.63, 3.8) is 0 Å². The van der Waals surface area contributed by atoms with Gasteiger partial charge in [-0.25, -0.2) is 0 Å². The summed E-state index contributed by atoms with van der Waals surface area (Å²) in [6, 6.07) is 17.3. The lowest BCUT2D eigenvalue weighted by molar-refractivity contribution is -0.145. The van der Waals surface area contributed by atoms with E-state index >= 15 is 0 Å². The van der Waals surface area contributed by atoms with Gasteiger partial charge in [-0.3, -0.25) is 18.6 Å². The Morgan fingerprint density at radius 2 is 1.77 bits per heavy atom. The minimum Gasteiger partial charge on any atom is -0.457 e. The van der Waals surface area contributed by atoms with Crippen molar-refractivity contribution < 1.29 is 9.53 Å². The van der Waals surface area contributed by atoms with Crippen LogP contribution in [-0.4, -0.2) is 29.7 Å². The zero-order chi connectivity index (χ0) is 20.7. The van der Waals surface area contributed by atoms with Crippen LogP contribution in [0, 0.1) is 0 Å². The third-order valence-corrected chi connectivity index (χ3v) is 5.29. The number of aromatic nitrogens is 5. The molecule has 5 rings (SSSR count). The van der Waals surface area contributed by atoms with Gasteiger partial charge < -0.3 is 9.30 Å². The summed E-state index contributed by atoms with van der Waals surface area (Å²) in [6.07, 6.45) is 2.21. The van der Waals surface area contributed by atoms with E-state index < -0.39 is 0 Å². The Bertz CT molecular complexity index is 1460. The number of carbonyl (C=O) groups excluding carboxylic acids is 1. The molecule has 3 aromatic heterocycles. The standard InChI is InChI=1S/C22H19N5O3/c1-25-21(29)16-7-3-5-9-18(16)27-19(23-24-22(25)27)14-30-20(28)11-13-26-12-10-15-6-2-4-8-17(15)26/h2-10,12H,11,13-14H2,1H3. The maximum atomic E-state index is 12.5. The van der Waals surface area contributed by atoms with Crippen molar-refractivity contribution >= 4 is 33.6 Å². The molecule has 3 heterocycles. The van der Waals surface area contributed by atoms with Crippen LogP contribution in [0.5, 0.6) is 0 Å². The number of hydrogen-bond donors (Lipinski definition) is 0. The maximum absolute atomic E-state index is 12.5. The number of ether oxygens (including phenoxy) is 1. The number of fused-ring (bicyclic) bond motifs is 4. The molecule has 5 aromatic rings. The van der Waals surface area contributed by atoms with Crippen LogP contribution in [0.2, 0.25) is 0 Å². The number of rotatable bonds is 5. The van der Waals surface area contributed by atoms with Crippen LogP contribution in [-0.2, 0) is 29.7 Å². The number of benzene rings is 2. The fourth-order valence-corrected chi connectivity index (χ4v) is 3.75. The molecule has 0 spiro atoms. The van der Waals surface area contributed by atoms with Crippen molar-refractivity contribution in [3.05, 3.63) is 77.0 Å². The molecule has 0 unspecified atom stereocenters. The smallest absolute Gasteiger partial charge is 0.308 e. The summed E-state index contributed by atoms with van der Waals surface area (Å²) in [7, 11) is 1.65. The first-order valence-electron chi connectivity index (χ1n) is 9.65. The normalized spacial score (nSPS) is 11.5. The summed E-state index contributed by atoms with van der Waals surface area (Å²) in [4.78, 5) is 24.8. The van der Waals surface area contributed by atoms with Gasteiger partial charge in [-0.1, -0.05) is 30.3 Å². The van der Waals surface area contributed by atoms with Crippen molar-refractivity contribution in [1.29, 1.82) is 0 Å². The molecule has 0 aliphatic rings. The molecule has 0 amide bonds. The van der Waals surface area contributed by atoms with E-state index in [4.69, 9.17) is 4.74 Å². The van der Waals surface area contributed by atoms with E-state index in [2.05, 4.69) is 10.2 Å². The van der Waals surface area contributed by atoms with Gasteiger partial charge >= 0.3 is 5.97 Å². The second-order valence-electron chi connectivity index (χ2n) is 7.11. The summed E-state index contributed by atoms with van der Waals surface area (Å²) >= 11 is 0. The average molecular weight is 401 g/mol. The van der Waals surface area contributed by atoms with Crippen molar-refractivity contribution in [2.24, 2.45) is 7.05 Å². The first-order valence-corrected chi connectivity index (χ1v) is 9.65. The van der Waals surface area contributed by atoms with Crippen LogP contribution >= 0.6 is 0 Å². The molecule has 0 atom stereocenters. The molecule has 2 aromatic carbocycles. The molecule has 0 N–H and O–H groups in total. The van der Waals surface area contributed by atoms with E-state index in [9.17, 15) is 9.59 Å². The summed E-state index contributed by atoms with van der Waals surface area (Å²) in [5, 5.41) is 9.94. The van der Waals surface area contributed by atoms with Crippen LogP contribution in [0.15, 0.2) is 65.6 Å². The van der Waals surface area contributed by atoms with Gasteiger partial charge in [-0.2, -0.15) is 0 Å². The Balaban J connectivity index is 1.35. The first kappa shape index (κ1) is 18.1. The lowest BCUT2D eigenvalue weighted by Crippen LogP contribution is -2.20. The van der Waals surface area contributed by atoms with Gasteiger partial charge in [0.05, 0.1) is 17.3 Å². The molecule has 0 saturated heterocycles. The monoisotopic (exact) mass is 401 g/mol. The fraction of sp³-hybridized carbons (Fsp3) is 0.182. The number of hydrogen-bond acceptors (Lipinski definition) is 5. The highest BCUT2D eigenvalue weighted by Gasteiger charge is 2.16. The quantitative estimate of drug-likeness (QED) is 0.423. The predicted octanol–water partition coefficient (Wildman–Crippen LogP) is 2.67. The largest absolute Gasteiger partial charge is 0.457 e. The van der Waals surface area contributed by atoms with E-state index in [1.165, 1.54) is 4.57 Å². The molecular formula is C22H19N5O3. The summed E-state index contributed by atoms with van der Waals surface area (Å²) in [5.41, 5.74) is 1.62. The minimum atomic E-state index is -0.321. The maximum Gasteiger partial charge on any atom is 0.308 e. The van der Waals surface area contributed by atoms with Crippen LogP contribution in [0.4, 0.5) is 0 Å². The third kappa shape index (κ3) is 2.93. The van der Waals surface area contributed by atoms with E-state index in [0.29, 0.717) is 29.0 Å². The Morgan fingerprint density at radius 3 is 2.63 bits per heavy atom. The van der Waals surface area contributed by atoms with Gasteiger partial charge in [0.15, 0.2) is 12.4 Å². The predicted molar refractivity (Wildman–Crippen MR) is 112 cm³/mol. The summed E-state index contributed by atoms with van der Waals surface area (Å²) in [5.74, 6) is 0.554. The molecule has 0 aliphatic carbocycles. The van der Waals surface area contributed by atoms with Crippen LogP contribution in [0.1, 0.15) is 12.2 Å². The first-order chi connectivity index (χ1) is 14.6. The molecular weight excluding hydrogens is 382 g/mol. The molecule has 0 fully saturated rings. The average Bonchev–Trinajstić information content (AvgIpc) is 3.39. The zero-order valence-corrected chi connectivity index (χ0v) is 16.4. The van der Waals surface area contributed by atoms with Crippen molar-refractivity contribution in [2.45, 2.75) is 19.6 Å². The lowest BCUT2D eigenvalue weighted by Gasteiger charge is -2.09. The van der Waals surface area contributed by atoms with E-state index in [1.54, 1.807) is 17.5 Å². The van der Waals surface area contributed by atoms with Crippen molar-refractivity contribution in [2.75, 3.05) is 0 Å². The fourth-order valence-electron chi connectivity index (χ4n) is 3.75. The summed E-state index contributed by atoms with van der Waals surface area (Å²) in [6.45, 7) is 0.513. The van der Waals surface area contributed by atoms with E-state index in [-0.39, 0.29) is 24.6 Å². The minimum absolute atomic E-state index is 0.0192.